The largest absolute Gasteiger partial charge is 0.496 e. The molecule has 1 amide bonds. The third kappa shape index (κ3) is 3.57. The molecule has 3 aromatic rings. The van der Waals surface area contributed by atoms with Crippen LogP contribution in [0.1, 0.15) is 28.9 Å². The molecule has 1 aromatic heterocycles. The van der Waals surface area contributed by atoms with Crippen molar-refractivity contribution in [2.24, 2.45) is 0 Å². The Morgan fingerprint density at radius 3 is 2.42 bits per heavy atom. The second kappa shape index (κ2) is 7.78. The fourth-order valence-electron chi connectivity index (χ4n) is 2.84. The van der Waals surface area contributed by atoms with Gasteiger partial charge in [0.1, 0.15) is 5.75 Å². The minimum absolute atomic E-state index is 0.0672. The molecule has 3 rings (SSSR count). The summed E-state index contributed by atoms with van der Waals surface area (Å²) in [7, 11) is 3.46. The van der Waals surface area contributed by atoms with Gasteiger partial charge in [0, 0.05) is 12.6 Å². The van der Waals surface area contributed by atoms with Crippen molar-refractivity contribution in [3.05, 3.63) is 78.1 Å². The van der Waals surface area contributed by atoms with E-state index in [0.717, 1.165) is 22.4 Å². The van der Waals surface area contributed by atoms with Crippen LogP contribution in [0.3, 0.4) is 0 Å². The summed E-state index contributed by atoms with van der Waals surface area (Å²) in [6, 6.07) is 17.7. The second-order valence-corrected chi connectivity index (χ2v) is 6.05. The Morgan fingerprint density at radius 1 is 1.04 bits per heavy atom. The predicted molar refractivity (Wildman–Crippen MR) is 101 cm³/mol. The first-order chi connectivity index (χ1) is 12.6. The Kier molecular flexibility index (Phi) is 5.27. The second-order valence-electron chi connectivity index (χ2n) is 6.05. The normalized spacial score (nSPS) is 11.7. The first-order valence-corrected chi connectivity index (χ1v) is 8.39. The van der Waals surface area contributed by atoms with E-state index < -0.39 is 0 Å². The number of amides is 1. The molecule has 2 aromatic carbocycles. The first kappa shape index (κ1) is 17.6. The summed E-state index contributed by atoms with van der Waals surface area (Å²) in [6.07, 6.45) is 3.00. The molecule has 0 fully saturated rings. The average Bonchev–Trinajstić information content (AvgIpc) is 2.73. The highest BCUT2D eigenvalue weighted by Crippen LogP contribution is 2.31. The van der Waals surface area contributed by atoms with Gasteiger partial charge in [0.25, 0.3) is 5.91 Å². The van der Waals surface area contributed by atoms with E-state index >= 15 is 0 Å². The van der Waals surface area contributed by atoms with Gasteiger partial charge in [-0.1, -0.05) is 42.5 Å². The van der Waals surface area contributed by atoms with Crippen molar-refractivity contribution in [2.45, 2.75) is 13.0 Å². The van der Waals surface area contributed by atoms with Crippen molar-refractivity contribution >= 4 is 5.91 Å². The SMILES string of the molecule is COc1ccccc1-c1ccc([C@@H](C)N(C)C(=O)c2ccnnc2)cc1. The number of methoxy groups -OCH3 is 1. The molecule has 26 heavy (non-hydrogen) atoms. The zero-order valence-corrected chi connectivity index (χ0v) is 15.1. The summed E-state index contributed by atoms with van der Waals surface area (Å²) < 4.78 is 5.43. The standard InChI is InChI=1S/C21H21N3O2/c1-15(24(2)21(25)18-12-13-22-23-14-18)16-8-10-17(11-9-16)19-6-4-5-7-20(19)26-3/h4-15H,1-3H3/t15-/m1/s1. The maximum absolute atomic E-state index is 12.6. The zero-order valence-electron chi connectivity index (χ0n) is 15.1. The molecule has 0 unspecified atom stereocenters. The Labute approximate surface area is 153 Å². The van der Waals surface area contributed by atoms with Crippen LogP contribution < -0.4 is 4.74 Å². The van der Waals surface area contributed by atoms with Crippen molar-refractivity contribution in [1.29, 1.82) is 0 Å². The fourth-order valence-corrected chi connectivity index (χ4v) is 2.84. The minimum atomic E-state index is -0.0822. The molecular weight excluding hydrogens is 326 g/mol. The van der Waals surface area contributed by atoms with Gasteiger partial charge in [-0.3, -0.25) is 4.79 Å². The number of hydrogen-bond acceptors (Lipinski definition) is 4. The number of nitrogens with zero attached hydrogens (tertiary/aromatic N) is 3. The molecule has 0 bridgehead atoms. The van der Waals surface area contributed by atoms with Crippen LogP contribution >= 0.6 is 0 Å². The smallest absolute Gasteiger partial charge is 0.255 e. The fraction of sp³-hybridized carbons (Fsp3) is 0.190. The van der Waals surface area contributed by atoms with E-state index in [1.165, 1.54) is 12.4 Å². The molecule has 1 heterocycles. The molecule has 0 aliphatic rings. The van der Waals surface area contributed by atoms with Gasteiger partial charge in [-0.2, -0.15) is 10.2 Å². The number of carbonyl (C=O) groups excluding carboxylic acids is 1. The molecule has 0 spiro atoms. The molecule has 1 atom stereocenters. The van der Waals surface area contributed by atoms with E-state index in [2.05, 4.69) is 22.3 Å². The summed E-state index contributed by atoms with van der Waals surface area (Å²) in [6.45, 7) is 2.00. The third-order valence-corrected chi connectivity index (χ3v) is 4.54. The number of aromatic nitrogens is 2. The lowest BCUT2D eigenvalue weighted by molar-refractivity contribution is 0.0742. The summed E-state index contributed by atoms with van der Waals surface area (Å²) in [4.78, 5) is 14.3. The zero-order chi connectivity index (χ0) is 18.5. The maximum atomic E-state index is 12.6. The Hall–Kier alpha value is -3.21. The molecule has 0 aliphatic carbocycles. The highest BCUT2D eigenvalue weighted by atomic mass is 16.5. The van der Waals surface area contributed by atoms with Crippen molar-refractivity contribution in [1.82, 2.24) is 15.1 Å². The lowest BCUT2D eigenvalue weighted by atomic mass is 10.00. The number of carbonyl (C=O) groups is 1. The van der Waals surface area contributed by atoms with E-state index in [1.807, 2.05) is 43.3 Å². The lowest BCUT2D eigenvalue weighted by Crippen LogP contribution is -2.29. The molecule has 5 nitrogen and oxygen atoms in total. The van der Waals surface area contributed by atoms with Gasteiger partial charge in [0.05, 0.1) is 31.1 Å². The van der Waals surface area contributed by atoms with Gasteiger partial charge < -0.3 is 9.64 Å². The predicted octanol–water partition coefficient (Wildman–Crippen LogP) is 3.99. The van der Waals surface area contributed by atoms with Crippen LogP contribution in [0.2, 0.25) is 0 Å². The van der Waals surface area contributed by atoms with Crippen molar-refractivity contribution in [3.63, 3.8) is 0 Å². The Morgan fingerprint density at radius 2 is 1.77 bits per heavy atom. The summed E-state index contributed by atoms with van der Waals surface area (Å²) >= 11 is 0. The van der Waals surface area contributed by atoms with E-state index in [4.69, 9.17) is 4.74 Å². The van der Waals surface area contributed by atoms with Crippen LogP contribution in [0.5, 0.6) is 5.75 Å². The van der Waals surface area contributed by atoms with Crippen molar-refractivity contribution in [3.8, 4) is 16.9 Å². The highest BCUT2D eigenvalue weighted by molar-refractivity contribution is 5.93. The molecule has 0 radical (unpaired) electrons. The summed E-state index contributed by atoms with van der Waals surface area (Å²) in [5.74, 6) is 0.756. The maximum Gasteiger partial charge on any atom is 0.255 e. The van der Waals surface area contributed by atoms with Crippen molar-refractivity contribution < 1.29 is 9.53 Å². The number of rotatable bonds is 5. The topological polar surface area (TPSA) is 55.3 Å². The number of hydrogen-bond donors (Lipinski definition) is 0. The van der Waals surface area contributed by atoms with E-state index in [0.29, 0.717) is 5.56 Å². The quantitative estimate of drug-likeness (QED) is 0.700. The first-order valence-electron chi connectivity index (χ1n) is 8.39. The van der Waals surface area contributed by atoms with Gasteiger partial charge in [0.2, 0.25) is 0 Å². The van der Waals surface area contributed by atoms with Gasteiger partial charge in [-0.25, -0.2) is 0 Å². The van der Waals surface area contributed by atoms with Crippen LogP contribution in [0.4, 0.5) is 0 Å². The van der Waals surface area contributed by atoms with E-state index in [9.17, 15) is 4.79 Å². The number of para-hydroxylation sites is 1. The minimum Gasteiger partial charge on any atom is -0.496 e. The molecule has 0 N–H and O–H groups in total. The number of benzene rings is 2. The van der Waals surface area contributed by atoms with Crippen LogP contribution in [-0.4, -0.2) is 35.2 Å². The van der Waals surface area contributed by atoms with Crippen LogP contribution in [-0.2, 0) is 0 Å². The van der Waals surface area contributed by atoms with Gasteiger partial charge in [0.15, 0.2) is 0 Å². The van der Waals surface area contributed by atoms with Crippen LogP contribution in [0.15, 0.2) is 67.0 Å². The number of ether oxygens (including phenoxy) is 1. The molecule has 0 saturated heterocycles. The van der Waals surface area contributed by atoms with Crippen LogP contribution in [0.25, 0.3) is 11.1 Å². The van der Waals surface area contributed by atoms with Crippen molar-refractivity contribution in [2.75, 3.05) is 14.2 Å². The Bertz CT molecular complexity index is 879. The molecular formula is C21H21N3O2. The molecule has 0 saturated carbocycles. The van der Waals surface area contributed by atoms with E-state index in [-0.39, 0.29) is 11.9 Å². The van der Waals surface area contributed by atoms with Gasteiger partial charge in [-0.05, 0) is 30.2 Å². The van der Waals surface area contributed by atoms with Crippen LogP contribution in [0, 0.1) is 0 Å². The average molecular weight is 347 g/mol. The lowest BCUT2D eigenvalue weighted by Gasteiger charge is -2.25. The Balaban J connectivity index is 1.80. The highest BCUT2D eigenvalue weighted by Gasteiger charge is 2.19. The summed E-state index contributed by atoms with van der Waals surface area (Å²) in [5.41, 5.74) is 3.70. The molecule has 0 aliphatic heterocycles. The third-order valence-electron chi connectivity index (χ3n) is 4.54. The molecule has 5 heteroatoms. The monoisotopic (exact) mass is 347 g/mol. The summed E-state index contributed by atoms with van der Waals surface area (Å²) in [5, 5.41) is 7.48. The van der Waals surface area contributed by atoms with E-state index in [1.54, 1.807) is 25.1 Å². The van der Waals surface area contributed by atoms with Gasteiger partial charge in [-0.15, -0.1) is 0 Å². The van der Waals surface area contributed by atoms with Gasteiger partial charge >= 0.3 is 0 Å². The molecule has 132 valence electrons.